The molecular formula is C20H20N4O3S2. The first kappa shape index (κ1) is 19.5. The molecule has 3 aromatic rings. The van der Waals surface area contributed by atoms with Crippen LogP contribution >= 0.6 is 22.7 Å². The summed E-state index contributed by atoms with van der Waals surface area (Å²) in [4.78, 5) is 30.1. The molecule has 2 heterocycles. The first-order valence-corrected chi connectivity index (χ1v) is 11.0. The average molecular weight is 429 g/mol. The lowest BCUT2D eigenvalue weighted by atomic mass is 10.1. The van der Waals surface area contributed by atoms with Crippen LogP contribution in [0.15, 0.2) is 35.7 Å². The fraction of sp³-hybridized carbons (Fsp3) is 0.300. The normalized spacial score (nSPS) is 13.3. The Morgan fingerprint density at radius 1 is 1.31 bits per heavy atom. The summed E-state index contributed by atoms with van der Waals surface area (Å²) in [5.74, 6) is -0.307. The van der Waals surface area contributed by atoms with E-state index < -0.39 is 4.92 Å². The van der Waals surface area contributed by atoms with Crippen LogP contribution < -0.4 is 10.6 Å². The number of carbonyl (C=O) groups is 1. The molecule has 1 saturated carbocycles. The summed E-state index contributed by atoms with van der Waals surface area (Å²) in [5, 5.41) is 20.4. The minimum atomic E-state index is -0.450. The SMILES string of the molecule is Cc1nc(-c2ccc(CCNC(=O)c3ccc(NC4CC4)c([N+](=O)[O-])c3)s2)cs1. The molecule has 0 radical (unpaired) electrons. The van der Waals surface area contributed by atoms with Gasteiger partial charge in [0.05, 0.1) is 20.5 Å². The van der Waals surface area contributed by atoms with Gasteiger partial charge in [-0.25, -0.2) is 4.98 Å². The Morgan fingerprint density at radius 3 is 2.83 bits per heavy atom. The van der Waals surface area contributed by atoms with Crippen LogP contribution in [-0.2, 0) is 6.42 Å². The molecule has 2 N–H and O–H groups in total. The Morgan fingerprint density at radius 2 is 2.14 bits per heavy atom. The molecule has 150 valence electrons. The van der Waals surface area contributed by atoms with Gasteiger partial charge in [-0.05, 0) is 50.5 Å². The van der Waals surface area contributed by atoms with E-state index in [2.05, 4.69) is 15.6 Å². The fourth-order valence-electron chi connectivity index (χ4n) is 2.92. The van der Waals surface area contributed by atoms with E-state index in [9.17, 15) is 14.9 Å². The highest BCUT2D eigenvalue weighted by Crippen LogP contribution is 2.32. The van der Waals surface area contributed by atoms with E-state index in [-0.39, 0.29) is 11.6 Å². The monoisotopic (exact) mass is 428 g/mol. The van der Waals surface area contributed by atoms with E-state index in [1.807, 2.05) is 24.4 Å². The molecule has 0 saturated heterocycles. The number of hydrogen-bond donors (Lipinski definition) is 2. The summed E-state index contributed by atoms with van der Waals surface area (Å²) in [7, 11) is 0. The van der Waals surface area contributed by atoms with Crippen molar-refractivity contribution in [3.05, 3.63) is 61.3 Å². The van der Waals surface area contributed by atoms with E-state index in [1.165, 1.54) is 6.07 Å². The number of anilines is 1. The van der Waals surface area contributed by atoms with Gasteiger partial charge in [0.2, 0.25) is 0 Å². The molecule has 1 aliphatic carbocycles. The third kappa shape index (κ3) is 4.80. The average Bonchev–Trinajstić information content (AvgIpc) is 3.20. The number of benzene rings is 1. The van der Waals surface area contributed by atoms with E-state index in [0.29, 0.717) is 30.3 Å². The molecule has 1 aromatic carbocycles. The summed E-state index contributed by atoms with van der Waals surface area (Å²) in [6.45, 7) is 2.45. The van der Waals surface area contributed by atoms with Gasteiger partial charge in [0.15, 0.2) is 0 Å². The smallest absolute Gasteiger partial charge is 0.293 e. The molecule has 0 unspecified atom stereocenters. The minimum Gasteiger partial charge on any atom is -0.377 e. The van der Waals surface area contributed by atoms with Gasteiger partial charge in [-0.2, -0.15) is 0 Å². The van der Waals surface area contributed by atoms with Crippen molar-refractivity contribution in [2.24, 2.45) is 0 Å². The molecule has 1 aliphatic rings. The van der Waals surface area contributed by atoms with Crippen LogP contribution in [0.5, 0.6) is 0 Å². The third-order valence-electron chi connectivity index (χ3n) is 4.58. The largest absolute Gasteiger partial charge is 0.377 e. The number of nitro benzene ring substituents is 1. The van der Waals surface area contributed by atoms with Gasteiger partial charge in [0.1, 0.15) is 5.69 Å². The Bertz CT molecular complexity index is 1060. The van der Waals surface area contributed by atoms with Crippen LogP contribution in [0.2, 0.25) is 0 Å². The lowest BCUT2D eigenvalue weighted by molar-refractivity contribution is -0.384. The van der Waals surface area contributed by atoms with Gasteiger partial charge in [-0.1, -0.05) is 0 Å². The molecule has 0 bridgehead atoms. The number of amides is 1. The number of nitrogens with zero attached hydrogens (tertiary/aromatic N) is 2. The summed E-state index contributed by atoms with van der Waals surface area (Å²) < 4.78 is 0. The third-order valence-corrected chi connectivity index (χ3v) is 6.52. The number of nitro groups is 1. The number of thiophene rings is 1. The highest BCUT2D eigenvalue weighted by atomic mass is 32.1. The highest BCUT2D eigenvalue weighted by molar-refractivity contribution is 7.16. The molecule has 0 atom stereocenters. The lowest BCUT2D eigenvalue weighted by Gasteiger charge is -2.08. The van der Waals surface area contributed by atoms with Gasteiger partial charge in [-0.15, -0.1) is 22.7 Å². The van der Waals surface area contributed by atoms with Crippen LogP contribution in [0, 0.1) is 17.0 Å². The van der Waals surface area contributed by atoms with Crippen molar-refractivity contribution in [1.29, 1.82) is 0 Å². The molecule has 4 rings (SSSR count). The first-order valence-electron chi connectivity index (χ1n) is 9.34. The predicted octanol–water partition coefficient (Wildman–Crippen LogP) is 4.64. The second-order valence-electron chi connectivity index (χ2n) is 6.93. The predicted molar refractivity (Wildman–Crippen MR) is 116 cm³/mol. The van der Waals surface area contributed by atoms with E-state index >= 15 is 0 Å². The van der Waals surface area contributed by atoms with Crippen LogP contribution in [-0.4, -0.2) is 28.4 Å². The molecule has 7 nitrogen and oxygen atoms in total. The minimum absolute atomic E-state index is 0.0639. The van der Waals surface area contributed by atoms with E-state index in [4.69, 9.17) is 0 Å². The second kappa shape index (κ2) is 8.30. The Kier molecular flexibility index (Phi) is 5.59. The zero-order chi connectivity index (χ0) is 20.4. The van der Waals surface area contributed by atoms with Crippen molar-refractivity contribution in [2.75, 3.05) is 11.9 Å². The number of carbonyl (C=O) groups excluding carboxylic acids is 1. The lowest BCUT2D eigenvalue weighted by Crippen LogP contribution is -2.25. The van der Waals surface area contributed by atoms with Gasteiger partial charge in [-0.3, -0.25) is 14.9 Å². The molecular weight excluding hydrogens is 408 g/mol. The Balaban J connectivity index is 1.35. The van der Waals surface area contributed by atoms with Gasteiger partial charge < -0.3 is 10.6 Å². The van der Waals surface area contributed by atoms with Crippen molar-refractivity contribution in [3.8, 4) is 10.6 Å². The summed E-state index contributed by atoms with van der Waals surface area (Å²) in [5.41, 5.74) is 1.69. The van der Waals surface area contributed by atoms with Gasteiger partial charge in [0.25, 0.3) is 11.6 Å². The van der Waals surface area contributed by atoms with Crippen LogP contribution in [0.25, 0.3) is 10.6 Å². The van der Waals surface area contributed by atoms with Crippen molar-refractivity contribution in [2.45, 2.75) is 32.2 Å². The molecule has 9 heteroatoms. The van der Waals surface area contributed by atoms with Crippen molar-refractivity contribution < 1.29 is 9.72 Å². The quantitative estimate of drug-likeness (QED) is 0.403. The molecule has 0 spiro atoms. The number of hydrogen-bond acceptors (Lipinski definition) is 7. The van der Waals surface area contributed by atoms with Crippen LogP contribution in [0.3, 0.4) is 0 Å². The van der Waals surface area contributed by atoms with E-state index in [1.54, 1.807) is 34.8 Å². The molecule has 0 aliphatic heterocycles. The number of aromatic nitrogens is 1. The molecule has 2 aromatic heterocycles. The topological polar surface area (TPSA) is 97.2 Å². The van der Waals surface area contributed by atoms with Crippen molar-refractivity contribution in [1.82, 2.24) is 10.3 Å². The number of rotatable bonds is 8. The summed E-state index contributed by atoms with van der Waals surface area (Å²) >= 11 is 3.29. The Hall–Kier alpha value is -2.78. The van der Waals surface area contributed by atoms with Crippen molar-refractivity contribution >= 4 is 40.0 Å². The summed E-state index contributed by atoms with van der Waals surface area (Å²) in [6, 6.07) is 8.98. The Labute approximate surface area is 176 Å². The second-order valence-corrected chi connectivity index (χ2v) is 9.16. The molecule has 1 fully saturated rings. The fourth-order valence-corrected chi connectivity index (χ4v) is 4.58. The molecule has 1 amide bonds. The maximum atomic E-state index is 12.4. The maximum Gasteiger partial charge on any atom is 0.293 e. The number of nitrogens with one attached hydrogen (secondary N) is 2. The maximum absolute atomic E-state index is 12.4. The van der Waals surface area contributed by atoms with Gasteiger partial charge >= 0.3 is 0 Å². The van der Waals surface area contributed by atoms with Crippen LogP contribution in [0.1, 0.15) is 33.1 Å². The van der Waals surface area contributed by atoms with Crippen molar-refractivity contribution in [3.63, 3.8) is 0 Å². The van der Waals surface area contributed by atoms with E-state index in [0.717, 1.165) is 33.3 Å². The van der Waals surface area contributed by atoms with Gasteiger partial charge in [0, 0.05) is 34.5 Å². The first-order chi connectivity index (χ1) is 14.0. The van der Waals surface area contributed by atoms with Crippen LogP contribution in [0.4, 0.5) is 11.4 Å². The highest BCUT2D eigenvalue weighted by Gasteiger charge is 2.25. The standard InChI is InChI=1S/C20H20N4O3S2/c1-12-22-17(11-28-12)19-7-5-15(29-19)8-9-21-20(25)13-2-6-16(23-14-3-4-14)18(10-13)24(26)27/h2,5-7,10-11,14,23H,3-4,8-9H2,1H3,(H,21,25). The molecule has 29 heavy (non-hydrogen) atoms. The zero-order valence-electron chi connectivity index (χ0n) is 15.8. The summed E-state index contributed by atoms with van der Waals surface area (Å²) in [6.07, 6.45) is 2.74. The zero-order valence-corrected chi connectivity index (χ0v) is 17.4. The number of aryl methyl sites for hydroxylation is 1. The number of thiazole rings is 1.